The lowest BCUT2D eigenvalue weighted by atomic mass is 10.1. The fourth-order valence-electron chi connectivity index (χ4n) is 1.61. The Morgan fingerprint density at radius 3 is 2.83 bits per heavy atom. The van der Waals surface area contributed by atoms with E-state index >= 15 is 0 Å². The van der Waals surface area contributed by atoms with Gasteiger partial charge in [0.2, 0.25) is 0 Å². The molecule has 2 rings (SSSR count). The molecule has 6 nitrogen and oxygen atoms in total. The highest BCUT2D eigenvalue weighted by Gasteiger charge is 2.14. The van der Waals surface area contributed by atoms with Crippen LogP contribution in [0.15, 0.2) is 24.3 Å². The predicted molar refractivity (Wildman–Crippen MR) is 64.4 cm³/mol. The first-order valence-electron chi connectivity index (χ1n) is 5.68. The summed E-state index contributed by atoms with van der Waals surface area (Å²) in [5.74, 6) is 0.926. The van der Waals surface area contributed by atoms with Gasteiger partial charge < -0.3 is 4.74 Å². The van der Waals surface area contributed by atoms with Crippen LogP contribution in [0.2, 0.25) is 0 Å². The van der Waals surface area contributed by atoms with E-state index in [1.807, 2.05) is 13.0 Å². The Morgan fingerprint density at radius 1 is 1.39 bits per heavy atom. The number of Topliss-reactive ketones (excluding diaryl/α,β-unsaturated/α-hetero) is 1. The maximum absolute atomic E-state index is 12.1. The van der Waals surface area contributed by atoms with E-state index in [9.17, 15) is 4.79 Å². The highest BCUT2D eigenvalue weighted by Crippen LogP contribution is 2.19. The van der Waals surface area contributed by atoms with Crippen molar-refractivity contribution in [2.24, 2.45) is 7.05 Å². The summed E-state index contributed by atoms with van der Waals surface area (Å²) in [5, 5.41) is 11.5. The normalized spacial score (nSPS) is 10.3. The van der Waals surface area contributed by atoms with Gasteiger partial charge in [0, 0.05) is 0 Å². The molecule has 2 aromatic rings. The highest BCUT2D eigenvalue weighted by molar-refractivity contribution is 5.99. The average Bonchev–Trinajstić information content (AvgIpc) is 2.76. The number of hydrogen-bond donors (Lipinski definition) is 0. The molecule has 1 aromatic carbocycles. The molecule has 1 aromatic heterocycles. The number of carbonyl (C=O) groups is 1. The number of aryl methyl sites for hydroxylation is 1. The van der Waals surface area contributed by atoms with E-state index in [-0.39, 0.29) is 12.2 Å². The van der Waals surface area contributed by atoms with Crippen molar-refractivity contribution < 1.29 is 9.53 Å². The van der Waals surface area contributed by atoms with Crippen molar-refractivity contribution >= 4 is 5.78 Å². The van der Waals surface area contributed by atoms with Gasteiger partial charge in [-0.3, -0.25) is 4.79 Å². The molecule has 0 aliphatic carbocycles. The molecule has 0 saturated carbocycles. The molecule has 94 valence electrons. The molecule has 0 atom stereocenters. The number of aromatic nitrogens is 4. The van der Waals surface area contributed by atoms with Gasteiger partial charge in [0.05, 0.1) is 25.6 Å². The van der Waals surface area contributed by atoms with E-state index in [1.54, 1.807) is 25.2 Å². The van der Waals surface area contributed by atoms with Crippen LogP contribution in [0.1, 0.15) is 23.1 Å². The van der Waals surface area contributed by atoms with Crippen LogP contribution in [0.3, 0.4) is 0 Å². The molecule has 0 fully saturated rings. The van der Waals surface area contributed by atoms with Crippen molar-refractivity contribution in [3.05, 3.63) is 35.7 Å². The summed E-state index contributed by atoms with van der Waals surface area (Å²) in [7, 11) is 1.66. The Bertz CT molecular complexity index is 551. The van der Waals surface area contributed by atoms with Crippen molar-refractivity contribution in [1.82, 2.24) is 20.2 Å². The molecule has 1 heterocycles. The van der Waals surface area contributed by atoms with E-state index in [2.05, 4.69) is 15.4 Å². The van der Waals surface area contributed by atoms with Gasteiger partial charge in [0.15, 0.2) is 11.6 Å². The minimum absolute atomic E-state index is 0.0768. The van der Waals surface area contributed by atoms with Crippen LogP contribution in [-0.4, -0.2) is 32.6 Å². The van der Waals surface area contributed by atoms with Crippen LogP contribution in [0.25, 0.3) is 0 Å². The van der Waals surface area contributed by atoms with Crippen molar-refractivity contribution in [1.29, 1.82) is 0 Å². The van der Waals surface area contributed by atoms with E-state index < -0.39 is 0 Å². The standard InChI is InChI=1S/C12H14N4O2/c1-3-18-11-7-5-4-6-9(11)10(17)8-12-13-15-16(2)14-12/h4-7H,3,8H2,1-2H3. The van der Waals surface area contributed by atoms with Gasteiger partial charge in [0.25, 0.3) is 0 Å². The molecule has 0 aliphatic rings. The van der Waals surface area contributed by atoms with Gasteiger partial charge in [-0.1, -0.05) is 12.1 Å². The largest absolute Gasteiger partial charge is 0.493 e. The van der Waals surface area contributed by atoms with Crippen molar-refractivity contribution in [2.45, 2.75) is 13.3 Å². The number of ketones is 1. The second-order valence-electron chi connectivity index (χ2n) is 3.72. The molecule has 0 N–H and O–H groups in total. The van der Waals surface area contributed by atoms with Gasteiger partial charge in [0.1, 0.15) is 5.75 Å². The Balaban J connectivity index is 2.18. The average molecular weight is 246 g/mol. The predicted octanol–water partition coefficient (Wildman–Crippen LogP) is 1.03. The molecule has 0 spiro atoms. The zero-order valence-corrected chi connectivity index (χ0v) is 10.3. The number of hydrogen-bond acceptors (Lipinski definition) is 5. The fourth-order valence-corrected chi connectivity index (χ4v) is 1.61. The van der Waals surface area contributed by atoms with E-state index in [0.717, 1.165) is 0 Å². The van der Waals surface area contributed by atoms with E-state index in [0.29, 0.717) is 23.7 Å². The quantitative estimate of drug-likeness (QED) is 0.737. The zero-order chi connectivity index (χ0) is 13.0. The van der Waals surface area contributed by atoms with Crippen molar-refractivity contribution in [3.8, 4) is 5.75 Å². The summed E-state index contributed by atoms with van der Waals surface area (Å²) in [4.78, 5) is 13.5. The second kappa shape index (κ2) is 5.39. The molecule has 6 heteroatoms. The summed E-state index contributed by atoms with van der Waals surface area (Å²) < 4.78 is 5.42. The first kappa shape index (κ1) is 12.2. The molecule has 0 radical (unpaired) electrons. The number of tetrazole rings is 1. The number of rotatable bonds is 5. The van der Waals surface area contributed by atoms with Crippen LogP contribution < -0.4 is 4.74 Å². The highest BCUT2D eigenvalue weighted by atomic mass is 16.5. The third-order valence-electron chi connectivity index (χ3n) is 2.36. The monoisotopic (exact) mass is 246 g/mol. The smallest absolute Gasteiger partial charge is 0.182 e. The fraction of sp³-hybridized carbons (Fsp3) is 0.333. The topological polar surface area (TPSA) is 69.9 Å². The summed E-state index contributed by atoms with van der Waals surface area (Å²) in [6.45, 7) is 2.40. The molecule has 0 amide bonds. The third kappa shape index (κ3) is 2.71. The van der Waals surface area contributed by atoms with Gasteiger partial charge in [-0.05, 0) is 24.3 Å². The van der Waals surface area contributed by atoms with Crippen LogP contribution >= 0.6 is 0 Å². The van der Waals surface area contributed by atoms with Crippen LogP contribution in [-0.2, 0) is 13.5 Å². The Morgan fingerprint density at radius 2 is 2.17 bits per heavy atom. The van der Waals surface area contributed by atoms with Crippen LogP contribution in [0, 0.1) is 0 Å². The number of benzene rings is 1. The molecule has 18 heavy (non-hydrogen) atoms. The molecule has 0 aliphatic heterocycles. The summed E-state index contributed by atoms with van der Waals surface area (Å²) in [6.07, 6.45) is 0.123. The maximum atomic E-state index is 12.1. The van der Waals surface area contributed by atoms with E-state index in [1.165, 1.54) is 4.80 Å². The van der Waals surface area contributed by atoms with Crippen LogP contribution in [0.4, 0.5) is 0 Å². The van der Waals surface area contributed by atoms with Gasteiger partial charge >= 0.3 is 0 Å². The minimum atomic E-state index is -0.0768. The molecule has 0 unspecified atom stereocenters. The summed E-state index contributed by atoms with van der Waals surface area (Å²) in [6, 6.07) is 7.16. The second-order valence-corrected chi connectivity index (χ2v) is 3.72. The van der Waals surface area contributed by atoms with Crippen molar-refractivity contribution in [3.63, 3.8) is 0 Å². The zero-order valence-electron chi connectivity index (χ0n) is 10.3. The molecule has 0 saturated heterocycles. The Hall–Kier alpha value is -2.24. The van der Waals surface area contributed by atoms with Gasteiger partial charge in [-0.15, -0.1) is 10.2 Å². The Labute approximate surface area is 105 Å². The first-order chi connectivity index (χ1) is 8.70. The number of nitrogens with zero attached hydrogens (tertiary/aromatic N) is 4. The maximum Gasteiger partial charge on any atom is 0.182 e. The third-order valence-corrected chi connectivity index (χ3v) is 2.36. The lowest BCUT2D eigenvalue weighted by molar-refractivity contribution is 0.0987. The summed E-state index contributed by atoms with van der Waals surface area (Å²) >= 11 is 0. The number of carbonyl (C=O) groups excluding carboxylic acids is 1. The van der Waals surface area contributed by atoms with Crippen LogP contribution in [0.5, 0.6) is 5.75 Å². The van der Waals surface area contributed by atoms with Gasteiger partial charge in [-0.25, -0.2) is 0 Å². The summed E-state index contributed by atoms with van der Waals surface area (Å²) in [5.41, 5.74) is 0.548. The van der Waals surface area contributed by atoms with Crippen molar-refractivity contribution in [2.75, 3.05) is 6.61 Å². The minimum Gasteiger partial charge on any atom is -0.493 e. The molecular formula is C12H14N4O2. The molecular weight excluding hydrogens is 232 g/mol. The SMILES string of the molecule is CCOc1ccccc1C(=O)Cc1nnn(C)n1. The lowest BCUT2D eigenvalue weighted by Gasteiger charge is -2.07. The number of ether oxygens (including phenoxy) is 1. The Kier molecular flexibility index (Phi) is 3.66. The first-order valence-corrected chi connectivity index (χ1v) is 5.68. The number of para-hydroxylation sites is 1. The van der Waals surface area contributed by atoms with Gasteiger partial charge in [-0.2, -0.15) is 4.80 Å². The molecule has 0 bridgehead atoms. The van der Waals surface area contributed by atoms with E-state index in [4.69, 9.17) is 4.74 Å². The lowest BCUT2D eigenvalue weighted by Crippen LogP contribution is -2.08.